The van der Waals surface area contributed by atoms with Crippen LogP contribution in [0.5, 0.6) is 0 Å². The van der Waals surface area contributed by atoms with Gasteiger partial charge in [-0.2, -0.15) is 5.10 Å². The lowest BCUT2D eigenvalue weighted by molar-refractivity contribution is 0.129. The van der Waals surface area contributed by atoms with Crippen molar-refractivity contribution in [3.8, 4) is 0 Å². The molecule has 1 aliphatic carbocycles. The second-order valence-corrected chi connectivity index (χ2v) is 11.8. The van der Waals surface area contributed by atoms with Gasteiger partial charge in [0.25, 0.3) is 0 Å². The van der Waals surface area contributed by atoms with Crippen molar-refractivity contribution in [3.05, 3.63) is 47.5 Å². The molecular weight excluding hydrogens is 504 g/mol. The summed E-state index contributed by atoms with van der Waals surface area (Å²) in [5.41, 5.74) is 1.11. The van der Waals surface area contributed by atoms with E-state index in [2.05, 4.69) is 38.9 Å². The van der Waals surface area contributed by atoms with E-state index in [0.717, 1.165) is 50.9 Å². The molecule has 1 amide bonds. The van der Waals surface area contributed by atoms with E-state index in [1.165, 1.54) is 6.42 Å². The van der Waals surface area contributed by atoms with Gasteiger partial charge in [0.15, 0.2) is 18.3 Å². The Hall–Kier alpha value is -2.50. The zero-order valence-electron chi connectivity index (χ0n) is 23.1. The highest BCUT2D eigenvalue weighted by Crippen LogP contribution is 2.20. The summed E-state index contributed by atoms with van der Waals surface area (Å²) in [4.78, 5) is 19.1. The van der Waals surface area contributed by atoms with E-state index in [9.17, 15) is 13.2 Å². The predicted octanol–water partition coefficient (Wildman–Crippen LogP) is 3.70. The maximum absolute atomic E-state index is 13.0. The number of ether oxygens (including phenoxy) is 1. The Balaban J connectivity index is 1.64. The fraction of sp³-hybridized carbons (Fsp3) is 0.667. The van der Waals surface area contributed by atoms with Crippen LogP contribution in [0.4, 0.5) is 4.79 Å². The molecular formula is C27H44N6O4S. The minimum Gasteiger partial charge on any atom is -0.441 e. The van der Waals surface area contributed by atoms with Gasteiger partial charge in [-0.15, -0.1) is 0 Å². The lowest BCUT2D eigenvalue weighted by Crippen LogP contribution is -2.36. The number of aromatic nitrogens is 3. The van der Waals surface area contributed by atoms with E-state index < -0.39 is 22.2 Å². The Morgan fingerprint density at radius 3 is 2.55 bits per heavy atom. The van der Waals surface area contributed by atoms with E-state index in [4.69, 9.17) is 4.74 Å². The Bertz CT molecular complexity index is 1080. The molecule has 2 N–H and O–H groups in total. The molecule has 38 heavy (non-hydrogen) atoms. The third-order valence-electron chi connectivity index (χ3n) is 7.11. The molecule has 1 aromatic heterocycles. The van der Waals surface area contributed by atoms with Crippen LogP contribution in [-0.2, 0) is 34.8 Å². The Morgan fingerprint density at radius 2 is 1.87 bits per heavy atom. The van der Waals surface area contributed by atoms with Crippen molar-refractivity contribution in [1.82, 2.24) is 29.7 Å². The van der Waals surface area contributed by atoms with Crippen LogP contribution in [0.3, 0.4) is 0 Å². The first-order chi connectivity index (χ1) is 18.3. The average molecular weight is 549 g/mol. The standard InChI is InChI=1S/C27H44N6O4S/c1-4-33(5-2)19-12-20-38(35,36)31-24(18-17-22-13-8-6-9-14-22)26-29-25(32(3)30-26)21-37-27(34)28-23-15-10-7-11-16-23/h6,8-9,13-14,23-24,31H,4-5,7,10-12,15-21H2,1-3H3,(H,28,34)/t24-/m1/s1. The molecule has 1 atom stereocenters. The van der Waals surface area contributed by atoms with E-state index in [1.54, 1.807) is 11.7 Å². The van der Waals surface area contributed by atoms with Crippen LogP contribution in [-0.4, -0.2) is 65.6 Å². The van der Waals surface area contributed by atoms with E-state index >= 15 is 0 Å². The fourth-order valence-corrected chi connectivity index (χ4v) is 6.07. The van der Waals surface area contributed by atoms with Gasteiger partial charge in [0.1, 0.15) is 0 Å². The van der Waals surface area contributed by atoms with Gasteiger partial charge >= 0.3 is 6.09 Å². The monoisotopic (exact) mass is 548 g/mol. The van der Waals surface area contributed by atoms with Crippen molar-refractivity contribution in [1.29, 1.82) is 0 Å². The van der Waals surface area contributed by atoms with Crippen molar-refractivity contribution < 1.29 is 17.9 Å². The highest BCUT2D eigenvalue weighted by molar-refractivity contribution is 7.89. The second kappa shape index (κ2) is 15.2. The summed E-state index contributed by atoms with van der Waals surface area (Å²) in [6.45, 7) is 6.63. The van der Waals surface area contributed by atoms with Gasteiger partial charge in [0, 0.05) is 13.1 Å². The first kappa shape index (κ1) is 30.0. The van der Waals surface area contributed by atoms with Gasteiger partial charge in [-0.25, -0.2) is 27.6 Å². The van der Waals surface area contributed by atoms with Crippen molar-refractivity contribution >= 4 is 16.1 Å². The number of sulfonamides is 1. The predicted molar refractivity (Wildman–Crippen MR) is 148 cm³/mol. The maximum Gasteiger partial charge on any atom is 0.407 e. The quantitative estimate of drug-likeness (QED) is 0.348. The lowest BCUT2D eigenvalue weighted by atomic mass is 9.96. The Kier molecular flexibility index (Phi) is 12.0. The van der Waals surface area contributed by atoms with Crippen LogP contribution in [0.25, 0.3) is 0 Å². The van der Waals surface area contributed by atoms with Crippen LogP contribution in [0.15, 0.2) is 30.3 Å². The highest BCUT2D eigenvalue weighted by Gasteiger charge is 2.25. The number of alkyl carbamates (subject to hydrolysis) is 1. The Labute approximate surface area is 227 Å². The number of aryl methyl sites for hydroxylation is 2. The van der Waals surface area contributed by atoms with Crippen molar-refractivity contribution in [2.75, 3.05) is 25.4 Å². The van der Waals surface area contributed by atoms with Gasteiger partial charge in [-0.3, -0.25) is 0 Å². The first-order valence-electron chi connectivity index (χ1n) is 13.9. The summed E-state index contributed by atoms with van der Waals surface area (Å²) in [6, 6.07) is 9.49. The molecule has 3 rings (SSSR count). The molecule has 0 radical (unpaired) electrons. The zero-order valence-corrected chi connectivity index (χ0v) is 23.9. The van der Waals surface area contributed by atoms with Crippen molar-refractivity contribution in [2.24, 2.45) is 7.05 Å². The lowest BCUT2D eigenvalue weighted by Gasteiger charge is -2.22. The van der Waals surface area contributed by atoms with Crippen LogP contribution in [0.2, 0.25) is 0 Å². The molecule has 212 valence electrons. The number of nitrogens with zero attached hydrogens (tertiary/aromatic N) is 4. The number of carbonyl (C=O) groups is 1. The third kappa shape index (κ3) is 9.99. The van der Waals surface area contributed by atoms with Gasteiger partial charge in [-0.1, -0.05) is 63.4 Å². The number of amides is 1. The summed E-state index contributed by atoms with van der Waals surface area (Å²) in [5.74, 6) is 0.876. The van der Waals surface area contributed by atoms with Gasteiger partial charge < -0.3 is 15.0 Å². The molecule has 1 aromatic carbocycles. The maximum atomic E-state index is 13.0. The molecule has 0 aliphatic heterocycles. The number of carbonyl (C=O) groups excluding carboxylic acids is 1. The smallest absolute Gasteiger partial charge is 0.407 e. The van der Waals surface area contributed by atoms with Crippen LogP contribution < -0.4 is 10.0 Å². The topological polar surface area (TPSA) is 118 Å². The number of rotatable bonds is 15. The summed E-state index contributed by atoms with van der Waals surface area (Å²) in [5, 5.41) is 7.42. The number of hydrogen-bond acceptors (Lipinski definition) is 7. The molecule has 1 fully saturated rings. The molecule has 0 bridgehead atoms. The van der Waals surface area contributed by atoms with Gasteiger partial charge in [0.2, 0.25) is 10.0 Å². The van der Waals surface area contributed by atoms with E-state index in [0.29, 0.717) is 30.9 Å². The SMILES string of the molecule is CCN(CC)CCCS(=O)(=O)N[C@H](CCc1ccccc1)c1nc(COC(=O)NC2CCCCC2)n(C)n1. The fourth-order valence-electron chi connectivity index (χ4n) is 4.79. The molecule has 2 aromatic rings. The summed E-state index contributed by atoms with van der Waals surface area (Å²) < 4.78 is 35.8. The second-order valence-electron chi connectivity index (χ2n) is 9.96. The molecule has 11 heteroatoms. The van der Waals surface area contributed by atoms with Crippen molar-refractivity contribution in [3.63, 3.8) is 0 Å². The molecule has 1 aliphatic rings. The van der Waals surface area contributed by atoms with Gasteiger partial charge in [0.05, 0.1) is 11.8 Å². The summed E-state index contributed by atoms with van der Waals surface area (Å²) in [6.07, 6.45) is 6.65. The summed E-state index contributed by atoms with van der Waals surface area (Å²) in [7, 11) is -1.83. The summed E-state index contributed by atoms with van der Waals surface area (Å²) >= 11 is 0. The molecule has 0 saturated heterocycles. The van der Waals surface area contributed by atoms with Gasteiger partial charge in [-0.05, 0) is 57.3 Å². The molecule has 10 nitrogen and oxygen atoms in total. The highest BCUT2D eigenvalue weighted by atomic mass is 32.2. The molecule has 1 saturated carbocycles. The number of benzene rings is 1. The zero-order chi connectivity index (χ0) is 27.4. The number of nitrogens with one attached hydrogen (secondary N) is 2. The normalized spacial score (nSPS) is 15.5. The largest absolute Gasteiger partial charge is 0.441 e. The third-order valence-corrected chi connectivity index (χ3v) is 8.58. The first-order valence-corrected chi connectivity index (χ1v) is 15.5. The minimum atomic E-state index is -3.55. The molecule has 0 unspecified atom stereocenters. The Morgan fingerprint density at radius 1 is 1.16 bits per heavy atom. The number of hydrogen-bond donors (Lipinski definition) is 2. The van der Waals surface area contributed by atoms with E-state index in [-0.39, 0.29) is 18.4 Å². The van der Waals surface area contributed by atoms with Crippen LogP contribution in [0.1, 0.15) is 82.0 Å². The van der Waals surface area contributed by atoms with Crippen molar-refractivity contribution in [2.45, 2.75) is 83.9 Å². The average Bonchev–Trinajstić information content (AvgIpc) is 3.29. The molecule has 1 heterocycles. The van der Waals surface area contributed by atoms with Crippen LogP contribution >= 0.6 is 0 Å². The van der Waals surface area contributed by atoms with Crippen LogP contribution in [0, 0.1) is 0 Å². The van der Waals surface area contributed by atoms with E-state index in [1.807, 2.05) is 30.3 Å². The minimum absolute atomic E-state index is 0.0372. The molecule has 0 spiro atoms.